The van der Waals surface area contributed by atoms with Crippen LogP contribution in [-0.4, -0.2) is 6.17 Å². The average Bonchev–Trinajstić information content (AvgIpc) is 0.854. The molecule has 0 bridgehead atoms. The fourth-order valence-electron chi connectivity index (χ4n) is 13.7. The molecule has 1 unspecified atom stereocenters. The Hall–Kier alpha value is -9.45. The normalized spacial score (nSPS) is 14.1. The number of nitrogens with zero attached hydrogens (tertiary/aromatic N) is 5. The van der Waals surface area contributed by atoms with E-state index in [4.69, 9.17) is 11.0 Å². The third kappa shape index (κ3) is 16.3. The SMILES string of the molecule is CCc1c[n+](C)c(-c2cc(-c3ccccc3)c(C)cc2C)cc1C.CCc1cc(-c2cc(-c3ccccc3)c(C)cc2C)[n+](C)cc1C.Cc1ccccc1N1C=CN(c2c(C(C)C)cccc2C(C)C)C1C.[2H]C([2H])([2H])c1cc(C)c(-c2cc(C([2H])([2H])[2H])c(C([2H])([2H])C)c[n+]2C)cc1-c1ccccc1. The first-order valence-corrected chi connectivity index (χ1v) is 34.6. The number of hydrogen-bond donors (Lipinski definition) is 0. The van der Waals surface area contributed by atoms with E-state index in [-0.39, 0.29) is 22.9 Å². The van der Waals surface area contributed by atoms with Crippen LogP contribution in [0.1, 0.15) is 162 Å². The number of anilines is 2. The van der Waals surface area contributed by atoms with E-state index in [1.165, 1.54) is 137 Å². The predicted molar refractivity (Wildman–Crippen MR) is 416 cm³/mol. The molecule has 11 aromatic rings. The monoisotopic (exact) mass is 1290 g/mol. The molecule has 0 aliphatic carbocycles. The maximum atomic E-state index is 8.09. The van der Waals surface area contributed by atoms with E-state index >= 15 is 0 Å². The van der Waals surface area contributed by atoms with Gasteiger partial charge in [-0.3, -0.25) is 0 Å². The maximum absolute atomic E-state index is 8.09. The molecule has 8 aromatic carbocycles. The number of para-hydroxylation sites is 2. The van der Waals surface area contributed by atoms with E-state index in [2.05, 4.69) is 294 Å². The molecule has 0 N–H and O–H groups in total. The van der Waals surface area contributed by atoms with Gasteiger partial charge in [0.2, 0.25) is 17.1 Å². The Labute approximate surface area is 595 Å². The van der Waals surface area contributed by atoms with E-state index in [0.717, 1.165) is 18.4 Å². The van der Waals surface area contributed by atoms with Crippen LogP contribution >= 0.6 is 0 Å². The van der Waals surface area contributed by atoms with Gasteiger partial charge >= 0.3 is 0 Å². The van der Waals surface area contributed by atoms with Crippen LogP contribution in [0.25, 0.3) is 67.2 Å². The second-order valence-corrected chi connectivity index (χ2v) is 26.9. The quantitative estimate of drug-likeness (QED) is 0.107. The summed E-state index contributed by atoms with van der Waals surface area (Å²) in [5.41, 5.74) is 31.6. The van der Waals surface area contributed by atoms with Crippen LogP contribution in [0.2, 0.25) is 0 Å². The number of benzene rings is 8. The van der Waals surface area contributed by atoms with Crippen molar-refractivity contribution in [1.82, 2.24) is 0 Å². The van der Waals surface area contributed by atoms with Gasteiger partial charge in [-0.25, -0.2) is 13.7 Å². The number of aryl methyl sites for hydroxylation is 16. The Morgan fingerprint density at radius 3 is 1.21 bits per heavy atom. The van der Waals surface area contributed by atoms with Crippen molar-refractivity contribution >= 4 is 11.4 Å². The lowest BCUT2D eigenvalue weighted by molar-refractivity contribution is -0.661. The first kappa shape index (κ1) is 61.2. The summed E-state index contributed by atoms with van der Waals surface area (Å²) in [6.07, 6.45) is 11.0. The summed E-state index contributed by atoms with van der Waals surface area (Å²) in [6, 6.07) is 64.8. The van der Waals surface area contributed by atoms with Crippen LogP contribution < -0.4 is 23.5 Å². The maximum Gasteiger partial charge on any atom is 0.212 e. The highest BCUT2D eigenvalue weighted by atomic mass is 15.4. The highest BCUT2D eigenvalue weighted by Gasteiger charge is 2.30. The van der Waals surface area contributed by atoms with Crippen molar-refractivity contribution in [2.24, 2.45) is 21.1 Å². The lowest BCUT2D eigenvalue weighted by atomic mass is 9.92. The predicted octanol–water partition coefficient (Wildman–Crippen LogP) is 22.4. The molecule has 4 heterocycles. The fraction of sp³-hybridized carbons (Fsp3) is 0.293. The molecular weight excluding hydrogens is 1180 g/mol. The Morgan fingerprint density at radius 2 is 0.763 bits per heavy atom. The van der Waals surface area contributed by atoms with Gasteiger partial charge in [-0.15, -0.1) is 0 Å². The molecule has 1 atom stereocenters. The smallest absolute Gasteiger partial charge is 0.212 e. The molecular formula is C92H108N5+3. The van der Waals surface area contributed by atoms with Gasteiger partial charge in [-0.1, -0.05) is 194 Å². The van der Waals surface area contributed by atoms with Gasteiger partial charge in [0.15, 0.2) is 18.6 Å². The summed E-state index contributed by atoms with van der Waals surface area (Å²) >= 11 is 0. The molecule has 498 valence electrons. The minimum atomic E-state index is -2.50. The Morgan fingerprint density at radius 1 is 0.371 bits per heavy atom. The Balaban J connectivity index is 0.000000163. The van der Waals surface area contributed by atoms with Gasteiger partial charge in [-0.05, 0) is 231 Å². The van der Waals surface area contributed by atoms with Gasteiger partial charge < -0.3 is 9.80 Å². The second-order valence-electron chi connectivity index (χ2n) is 26.9. The molecule has 1 aliphatic heterocycles. The Bertz CT molecular complexity index is 4890. The third-order valence-electron chi connectivity index (χ3n) is 19.3. The molecule has 0 fully saturated rings. The molecule has 1 aliphatic rings. The van der Waals surface area contributed by atoms with Crippen LogP contribution in [0.5, 0.6) is 0 Å². The Kier molecular flexibility index (Phi) is 20.2. The van der Waals surface area contributed by atoms with E-state index in [9.17, 15) is 0 Å². The zero-order valence-electron chi connectivity index (χ0n) is 69.2. The summed E-state index contributed by atoms with van der Waals surface area (Å²) in [4.78, 5) is 4.81. The first-order valence-electron chi connectivity index (χ1n) is 38.6. The highest BCUT2D eigenvalue weighted by Crippen LogP contribution is 2.41. The topological polar surface area (TPSA) is 18.1 Å². The minimum absolute atomic E-state index is 0.0568. The molecule has 0 saturated heterocycles. The second kappa shape index (κ2) is 32.1. The van der Waals surface area contributed by atoms with Crippen LogP contribution in [0.15, 0.2) is 219 Å². The molecule has 0 radical (unpaired) electrons. The minimum Gasteiger partial charge on any atom is -0.325 e. The van der Waals surface area contributed by atoms with E-state index in [0.29, 0.717) is 34.2 Å². The standard InChI is InChI=1S/C23H30N2.3C23H26N/c1-16(2)20-11-9-12-21(17(3)4)23(20)25-15-14-24(19(25)6)22-13-8-7-10-18(22)5;2*1-6-19-15-24(5)23(13-16(19)2)22-14-21(17(3)12-18(22)4)20-10-8-7-9-11-20;1-6-19-13-23(24(5)15-18(19)4)22-14-21(16(2)12-17(22)3)20-10-8-7-9-11-20/h7-17,19H,1-6H3;3*7-15H,6H2,1-5H3/q;3*+1/i;2D3,3D3,6D2;;. The highest BCUT2D eigenvalue weighted by molar-refractivity contribution is 5.79. The van der Waals surface area contributed by atoms with E-state index in [1.54, 1.807) is 30.7 Å². The largest absolute Gasteiger partial charge is 0.325 e. The molecule has 5 heteroatoms. The number of aromatic nitrogens is 3. The van der Waals surface area contributed by atoms with E-state index in [1.807, 2.05) is 30.3 Å². The van der Waals surface area contributed by atoms with Crippen LogP contribution in [0, 0.1) is 69.1 Å². The van der Waals surface area contributed by atoms with Crippen molar-refractivity contribution in [2.75, 3.05) is 9.80 Å². The summed E-state index contributed by atoms with van der Waals surface area (Å²) in [7, 11) is 6.02. The lowest BCUT2D eigenvalue weighted by Crippen LogP contribution is -2.37. The fourth-order valence-corrected chi connectivity index (χ4v) is 13.7. The van der Waals surface area contributed by atoms with Crippen molar-refractivity contribution in [3.63, 3.8) is 0 Å². The van der Waals surface area contributed by atoms with E-state index < -0.39 is 20.1 Å². The molecule has 12 rings (SSSR count). The molecule has 97 heavy (non-hydrogen) atoms. The number of pyridine rings is 3. The lowest BCUT2D eigenvalue weighted by Gasteiger charge is -2.34. The van der Waals surface area contributed by atoms with Crippen molar-refractivity contribution in [3.05, 3.63) is 302 Å². The van der Waals surface area contributed by atoms with Crippen LogP contribution in [0.4, 0.5) is 11.4 Å². The van der Waals surface area contributed by atoms with Gasteiger partial charge in [0.1, 0.15) is 27.3 Å². The molecule has 3 aromatic heterocycles. The zero-order chi connectivity index (χ0) is 76.7. The summed E-state index contributed by atoms with van der Waals surface area (Å²) in [5, 5.41) is 0. The van der Waals surface area contributed by atoms with Gasteiger partial charge in [0.25, 0.3) is 0 Å². The third-order valence-corrected chi connectivity index (χ3v) is 19.3. The number of hydrogen-bond acceptors (Lipinski definition) is 2. The van der Waals surface area contributed by atoms with Gasteiger partial charge in [0, 0.05) is 86.3 Å². The summed E-state index contributed by atoms with van der Waals surface area (Å²) in [5.74, 6) is 1.00. The van der Waals surface area contributed by atoms with Crippen molar-refractivity contribution in [3.8, 4) is 67.2 Å². The van der Waals surface area contributed by atoms with Crippen LogP contribution in [0.3, 0.4) is 0 Å². The molecule has 0 spiro atoms. The zero-order valence-corrected chi connectivity index (χ0v) is 61.2. The number of rotatable bonds is 13. The molecule has 5 nitrogen and oxygen atoms in total. The summed E-state index contributed by atoms with van der Waals surface area (Å²) < 4.78 is 70.3. The molecule has 0 saturated carbocycles. The summed E-state index contributed by atoms with van der Waals surface area (Å²) in [6.45, 7) is 29.6. The van der Waals surface area contributed by atoms with Gasteiger partial charge in [0.05, 0.1) is 0 Å². The average molecular weight is 1290 g/mol. The molecule has 0 amide bonds. The van der Waals surface area contributed by atoms with Gasteiger partial charge in [-0.2, -0.15) is 0 Å². The first-order chi connectivity index (χ1) is 49.5. The van der Waals surface area contributed by atoms with Crippen molar-refractivity contribution in [2.45, 2.75) is 162 Å². The van der Waals surface area contributed by atoms with Crippen molar-refractivity contribution < 1.29 is 24.7 Å². The van der Waals surface area contributed by atoms with Crippen LogP contribution in [-0.2, 0) is 40.4 Å². The van der Waals surface area contributed by atoms with Crippen molar-refractivity contribution in [1.29, 1.82) is 0 Å².